The van der Waals surface area contributed by atoms with E-state index in [4.69, 9.17) is 4.74 Å². The van der Waals surface area contributed by atoms with Crippen molar-refractivity contribution in [1.82, 2.24) is 5.32 Å². The van der Waals surface area contributed by atoms with E-state index in [9.17, 15) is 9.59 Å². The van der Waals surface area contributed by atoms with E-state index in [-0.39, 0.29) is 11.7 Å². The Hall–Kier alpha value is -1.84. The highest BCUT2D eigenvalue weighted by molar-refractivity contribution is 5.95. The molecule has 0 aliphatic rings. The van der Waals surface area contributed by atoms with Crippen molar-refractivity contribution in [3.63, 3.8) is 0 Å². The number of nitrogens with one attached hydrogen (secondary N) is 1. The van der Waals surface area contributed by atoms with Crippen molar-refractivity contribution in [2.45, 2.75) is 39.7 Å². The summed E-state index contributed by atoms with van der Waals surface area (Å²) < 4.78 is 5.52. The lowest BCUT2D eigenvalue weighted by Gasteiger charge is -2.14. The van der Waals surface area contributed by atoms with Crippen molar-refractivity contribution in [2.75, 3.05) is 6.54 Å². The lowest BCUT2D eigenvalue weighted by Crippen LogP contribution is -2.36. The number of Topliss-reactive ketones (excluding diaryl/α,β-unsaturated/α-hetero) is 1. The van der Waals surface area contributed by atoms with Crippen LogP contribution in [0.25, 0.3) is 0 Å². The number of carbonyl (C=O) groups excluding carboxylic acids is 2. The zero-order chi connectivity index (χ0) is 14.3. The summed E-state index contributed by atoms with van der Waals surface area (Å²) in [6, 6.07) is 6.87. The maximum Gasteiger partial charge on any atom is 0.260 e. The van der Waals surface area contributed by atoms with Crippen LogP contribution in [0.1, 0.15) is 44.0 Å². The van der Waals surface area contributed by atoms with Gasteiger partial charge in [-0.05, 0) is 37.6 Å². The number of hydrogen-bond donors (Lipinski definition) is 1. The molecule has 19 heavy (non-hydrogen) atoms. The second-order valence-electron chi connectivity index (χ2n) is 4.35. The van der Waals surface area contributed by atoms with Gasteiger partial charge in [-0.1, -0.05) is 13.8 Å². The van der Waals surface area contributed by atoms with Gasteiger partial charge in [-0.3, -0.25) is 9.59 Å². The molecule has 0 aromatic heterocycles. The first-order valence-electron chi connectivity index (χ1n) is 6.66. The molecule has 4 heteroatoms. The molecule has 0 bridgehead atoms. The molecule has 0 radical (unpaired) electrons. The molecule has 0 fully saturated rings. The maximum atomic E-state index is 11.6. The second-order valence-corrected chi connectivity index (χ2v) is 4.35. The molecule has 104 valence electrons. The van der Waals surface area contributed by atoms with Crippen molar-refractivity contribution in [3.8, 4) is 5.75 Å². The number of ether oxygens (including phenoxy) is 1. The molecule has 4 nitrogen and oxygen atoms in total. The molecule has 0 saturated heterocycles. The first-order chi connectivity index (χ1) is 9.08. The van der Waals surface area contributed by atoms with Gasteiger partial charge in [0.15, 0.2) is 11.9 Å². The highest BCUT2D eigenvalue weighted by atomic mass is 16.5. The van der Waals surface area contributed by atoms with Gasteiger partial charge in [-0.25, -0.2) is 0 Å². The fourth-order valence-corrected chi connectivity index (χ4v) is 1.57. The molecular formula is C15H21NO3. The van der Waals surface area contributed by atoms with E-state index in [0.717, 1.165) is 6.42 Å². The normalized spacial score (nSPS) is 11.7. The molecule has 1 aromatic rings. The second kappa shape index (κ2) is 7.56. The summed E-state index contributed by atoms with van der Waals surface area (Å²) in [4.78, 5) is 23.1. The number of carbonyl (C=O) groups is 2. The van der Waals surface area contributed by atoms with E-state index in [1.807, 2.05) is 13.8 Å². The van der Waals surface area contributed by atoms with Crippen LogP contribution in [0.15, 0.2) is 24.3 Å². The minimum Gasteiger partial charge on any atom is -0.481 e. The first kappa shape index (κ1) is 15.2. The van der Waals surface area contributed by atoms with Gasteiger partial charge in [0.1, 0.15) is 5.75 Å². The number of benzene rings is 1. The van der Waals surface area contributed by atoms with Crippen LogP contribution in [-0.2, 0) is 4.79 Å². The third-order valence-electron chi connectivity index (χ3n) is 2.73. The van der Waals surface area contributed by atoms with Crippen LogP contribution in [0.4, 0.5) is 0 Å². The number of ketones is 1. The molecule has 1 amide bonds. The summed E-state index contributed by atoms with van der Waals surface area (Å²) in [5.74, 6) is 0.558. The van der Waals surface area contributed by atoms with Gasteiger partial charge >= 0.3 is 0 Å². The van der Waals surface area contributed by atoms with E-state index in [2.05, 4.69) is 5.32 Å². The Balaban J connectivity index is 2.57. The molecule has 0 aliphatic carbocycles. The van der Waals surface area contributed by atoms with Crippen LogP contribution in [-0.4, -0.2) is 24.3 Å². The zero-order valence-corrected chi connectivity index (χ0v) is 11.7. The summed E-state index contributed by atoms with van der Waals surface area (Å²) in [5, 5.41) is 2.77. The molecular weight excluding hydrogens is 242 g/mol. The van der Waals surface area contributed by atoms with Crippen molar-refractivity contribution in [3.05, 3.63) is 29.8 Å². The van der Waals surface area contributed by atoms with Gasteiger partial charge in [-0.2, -0.15) is 0 Å². The Kier molecular flexibility index (Phi) is 6.06. The summed E-state index contributed by atoms with van der Waals surface area (Å²) in [5.41, 5.74) is 0.665. The molecule has 0 aliphatic heterocycles. The van der Waals surface area contributed by atoms with Crippen molar-refractivity contribution >= 4 is 11.7 Å². The number of rotatable bonds is 7. The van der Waals surface area contributed by atoms with E-state index >= 15 is 0 Å². The lowest BCUT2D eigenvalue weighted by atomic mass is 10.1. The standard InChI is InChI=1S/C15H21NO3/c1-4-10-16-15(18)11(3)19-13-8-6-12(7-9-13)14(17)5-2/h6-9,11H,4-5,10H2,1-3H3,(H,16,18). The summed E-state index contributed by atoms with van der Waals surface area (Å²) in [6.07, 6.45) is 0.835. The third-order valence-corrected chi connectivity index (χ3v) is 2.73. The Morgan fingerprint density at radius 1 is 1.21 bits per heavy atom. The Bertz CT molecular complexity index is 426. The van der Waals surface area contributed by atoms with Crippen LogP contribution in [0.5, 0.6) is 5.75 Å². The largest absolute Gasteiger partial charge is 0.481 e. The van der Waals surface area contributed by atoms with E-state index < -0.39 is 6.10 Å². The van der Waals surface area contributed by atoms with Gasteiger partial charge in [0.25, 0.3) is 5.91 Å². The number of amides is 1. The van der Waals surface area contributed by atoms with Gasteiger partial charge in [-0.15, -0.1) is 0 Å². The highest BCUT2D eigenvalue weighted by Crippen LogP contribution is 2.15. The quantitative estimate of drug-likeness (QED) is 0.769. The highest BCUT2D eigenvalue weighted by Gasteiger charge is 2.13. The minimum absolute atomic E-state index is 0.0975. The van der Waals surface area contributed by atoms with Crippen LogP contribution in [0, 0.1) is 0 Å². The molecule has 1 N–H and O–H groups in total. The fraction of sp³-hybridized carbons (Fsp3) is 0.467. The molecule has 1 aromatic carbocycles. The van der Waals surface area contributed by atoms with Crippen LogP contribution in [0.3, 0.4) is 0 Å². The number of hydrogen-bond acceptors (Lipinski definition) is 3. The summed E-state index contributed by atoms with van der Waals surface area (Å²) in [7, 11) is 0. The van der Waals surface area contributed by atoms with Gasteiger partial charge < -0.3 is 10.1 Å². The van der Waals surface area contributed by atoms with E-state index in [1.54, 1.807) is 31.2 Å². The predicted molar refractivity (Wildman–Crippen MR) is 74.5 cm³/mol. The van der Waals surface area contributed by atoms with E-state index in [1.165, 1.54) is 0 Å². The minimum atomic E-state index is -0.542. The van der Waals surface area contributed by atoms with Crippen LogP contribution in [0.2, 0.25) is 0 Å². The molecule has 0 saturated carbocycles. The van der Waals surface area contributed by atoms with Gasteiger partial charge in [0.05, 0.1) is 0 Å². The summed E-state index contributed by atoms with van der Waals surface area (Å²) >= 11 is 0. The molecule has 0 spiro atoms. The topological polar surface area (TPSA) is 55.4 Å². The first-order valence-corrected chi connectivity index (χ1v) is 6.66. The average molecular weight is 263 g/mol. The average Bonchev–Trinajstić information content (AvgIpc) is 2.44. The van der Waals surface area contributed by atoms with Crippen molar-refractivity contribution in [2.24, 2.45) is 0 Å². The summed E-state index contributed by atoms with van der Waals surface area (Å²) in [6.45, 7) is 6.18. The van der Waals surface area contributed by atoms with Gasteiger partial charge in [0, 0.05) is 18.5 Å². The molecule has 1 unspecified atom stereocenters. The predicted octanol–water partition coefficient (Wildman–Crippen LogP) is 2.57. The third kappa shape index (κ3) is 4.73. The van der Waals surface area contributed by atoms with Crippen LogP contribution >= 0.6 is 0 Å². The zero-order valence-electron chi connectivity index (χ0n) is 11.7. The van der Waals surface area contributed by atoms with Crippen LogP contribution < -0.4 is 10.1 Å². The smallest absolute Gasteiger partial charge is 0.260 e. The van der Waals surface area contributed by atoms with Crippen molar-refractivity contribution < 1.29 is 14.3 Å². The Labute approximate surface area is 114 Å². The SMILES string of the molecule is CCCNC(=O)C(C)Oc1ccc(C(=O)CC)cc1. The van der Waals surface area contributed by atoms with E-state index in [0.29, 0.717) is 24.3 Å². The fourth-order valence-electron chi connectivity index (χ4n) is 1.57. The van der Waals surface area contributed by atoms with Gasteiger partial charge in [0.2, 0.25) is 0 Å². The lowest BCUT2D eigenvalue weighted by molar-refractivity contribution is -0.127. The Morgan fingerprint density at radius 3 is 2.37 bits per heavy atom. The molecule has 1 atom stereocenters. The maximum absolute atomic E-state index is 11.6. The molecule has 1 rings (SSSR count). The Morgan fingerprint density at radius 2 is 1.84 bits per heavy atom. The molecule has 0 heterocycles. The monoisotopic (exact) mass is 263 g/mol. The van der Waals surface area contributed by atoms with Crippen molar-refractivity contribution in [1.29, 1.82) is 0 Å².